The Morgan fingerprint density at radius 1 is 1.80 bits per heavy atom. The van der Waals surface area contributed by atoms with Crippen LogP contribution in [0.3, 0.4) is 0 Å². The summed E-state index contributed by atoms with van der Waals surface area (Å²) in [6.45, 7) is 5.16. The van der Waals surface area contributed by atoms with Crippen molar-refractivity contribution in [2.45, 2.75) is 6.92 Å². The molecule has 0 amide bonds. The molecule has 0 aliphatic carbocycles. The van der Waals surface area contributed by atoms with Gasteiger partial charge in [0.2, 0.25) is 0 Å². The largest absolute Gasteiger partial charge is 0.417 e. The zero-order valence-electron chi connectivity index (χ0n) is 5.55. The van der Waals surface area contributed by atoms with E-state index >= 15 is 0 Å². The number of carbonyl (C=O) groups excluding carboxylic acids is 1. The van der Waals surface area contributed by atoms with Gasteiger partial charge in [-0.15, -0.1) is 0 Å². The average Bonchev–Trinajstić information content (AvgIpc) is 1.77. The Morgan fingerprint density at radius 3 is 2.70 bits per heavy atom. The van der Waals surface area contributed by atoms with Gasteiger partial charge in [-0.2, -0.15) is 4.89 Å². The van der Waals surface area contributed by atoms with Crippen molar-refractivity contribution in [1.29, 1.82) is 0 Å². The first-order chi connectivity index (χ1) is 4.70. The van der Waals surface area contributed by atoms with Crippen molar-refractivity contribution in [2.24, 2.45) is 0 Å². The van der Waals surface area contributed by atoms with Crippen molar-refractivity contribution in [2.75, 3.05) is 6.61 Å². The Balaban J connectivity index is 2.23. The molecule has 0 aromatic heterocycles. The molecule has 0 bridgehead atoms. The van der Waals surface area contributed by atoms with Crippen LogP contribution in [-0.2, 0) is 19.3 Å². The van der Waals surface area contributed by atoms with E-state index in [-0.39, 0.29) is 12.9 Å². The number of esters is 1. The van der Waals surface area contributed by atoms with Crippen LogP contribution < -0.4 is 0 Å². The third-order valence-electron chi connectivity index (χ3n) is 0.884. The van der Waals surface area contributed by atoms with Crippen LogP contribution in [-0.4, -0.2) is 12.6 Å². The van der Waals surface area contributed by atoms with E-state index in [1.807, 2.05) is 0 Å². The van der Waals surface area contributed by atoms with Crippen LogP contribution in [0.15, 0.2) is 12.2 Å². The molecule has 0 saturated carbocycles. The number of carbonyl (C=O) groups is 1. The normalized spacial score (nSPS) is 17.7. The fourth-order valence-corrected chi connectivity index (χ4v) is 0.344. The highest BCUT2D eigenvalue weighted by molar-refractivity contribution is 5.87. The molecule has 0 unspecified atom stereocenters. The van der Waals surface area contributed by atoms with Crippen molar-refractivity contribution in [1.82, 2.24) is 0 Å². The van der Waals surface area contributed by atoms with E-state index in [0.29, 0.717) is 5.57 Å². The SMILES string of the molecule is C=C(C)C(=O)O[C]1COO1. The predicted molar refractivity (Wildman–Crippen MR) is 31.2 cm³/mol. The van der Waals surface area contributed by atoms with Crippen LogP contribution >= 0.6 is 0 Å². The summed E-state index contributed by atoms with van der Waals surface area (Å²) in [6.07, 6.45) is 0.188. The maximum Gasteiger partial charge on any atom is 0.339 e. The molecule has 1 radical (unpaired) electrons. The second-order valence-corrected chi connectivity index (χ2v) is 1.89. The lowest BCUT2D eigenvalue weighted by atomic mass is 10.4. The van der Waals surface area contributed by atoms with E-state index in [1.54, 1.807) is 6.92 Å². The topological polar surface area (TPSA) is 44.8 Å². The fourth-order valence-electron chi connectivity index (χ4n) is 0.344. The highest BCUT2D eigenvalue weighted by Crippen LogP contribution is 2.17. The van der Waals surface area contributed by atoms with Crippen molar-refractivity contribution in [3.63, 3.8) is 0 Å². The maximum atomic E-state index is 10.7. The van der Waals surface area contributed by atoms with E-state index in [9.17, 15) is 4.79 Å². The standard InChI is InChI=1S/C6H7O4/c1-4(2)6(7)9-5-3-8-10-5/h1,3H2,2H3. The van der Waals surface area contributed by atoms with Crippen LogP contribution in [0.5, 0.6) is 0 Å². The van der Waals surface area contributed by atoms with E-state index in [2.05, 4.69) is 21.1 Å². The first kappa shape index (κ1) is 7.24. The predicted octanol–water partition coefficient (Wildman–Crippen LogP) is 0.557. The minimum absolute atomic E-state index is 0.188. The molecule has 1 fully saturated rings. The Kier molecular flexibility index (Phi) is 2.03. The van der Waals surface area contributed by atoms with Gasteiger partial charge in [-0.05, 0) is 6.92 Å². The zero-order chi connectivity index (χ0) is 7.56. The first-order valence-corrected chi connectivity index (χ1v) is 2.73. The molecule has 0 atom stereocenters. The van der Waals surface area contributed by atoms with Gasteiger partial charge in [0.15, 0.2) is 6.61 Å². The molecule has 1 heterocycles. The van der Waals surface area contributed by atoms with Crippen molar-refractivity contribution >= 4 is 5.97 Å². The fraction of sp³-hybridized carbons (Fsp3) is 0.333. The molecule has 1 rings (SSSR count). The van der Waals surface area contributed by atoms with Gasteiger partial charge in [-0.1, -0.05) is 6.58 Å². The Bertz CT molecular complexity index is 159. The van der Waals surface area contributed by atoms with Gasteiger partial charge in [0, 0.05) is 5.57 Å². The van der Waals surface area contributed by atoms with Crippen LogP contribution in [0.1, 0.15) is 6.92 Å². The minimum Gasteiger partial charge on any atom is -0.417 e. The van der Waals surface area contributed by atoms with Crippen LogP contribution in [0.2, 0.25) is 0 Å². The van der Waals surface area contributed by atoms with Gasteiger partial charge in [0.1, 0.15) is 0 Å². The number of hydrogen-bond acceptors (Lipinski definition) is 4. The van der Waals surface area contributed by atoms with Crippen molar-refractivity contribution in [3.8, 4) is 0 Å². The second-order valence-electron chi connectivity index (χ2n) is 1.89. The minimum atomic E-state index is -0.488. The van der Waals surface area contributed by atoms with Gasteiger partial charge in [-0.3, -0.25) is 0 Å². The first-order valence-electron chi connectivity index (χ1n) is 2.73. The molecule has 55 valence electrons. The lowest BCUT2D eigenvalue weighted by Gasteiger charge is -2.21. The third kappa shape index (κ3) is 1.55. The van der Waals surface area contributed by atoms with E-state index < -0.39 is 5.97 Å². The van der Waals surface area contributed by atoms with E-state index in [1.165, 1.54) is 0 Å². The molecule has 1 aliphatic rings. The highest BCUT2D eigenvalue weighted by Gasteiger charge is 2.27. The average molecular weight is 143 g/mol. The van der Waals surface area contributed by atoms with E-state index in [0.717, 1.165) is 0 Å². The van der Waals surface area contributed by atoms with E-state index in [4.69, 9.17) is 0 Å². The number of ether oxygens (including phenoxy) is 1. The van der Waals surface area contributed by atoms with Crippen LogP contribution in [0.4, 0.5) is 0 Å². The van der Waals surface area contributed by atoms with Gasteiger partial charge in [0.05, 0.1) is 0 Å². The third-order valence-corrected chi connectivity index (χ3v) is 0.884. The lowest BCUT2D eigenvalue weighted by molar-refractivity contribution is -0.413. The molecule has 10 heavy (non-hydrogen) atoms. The molecule has 0 aromatic carbocycles. The molecule has 0 aromatic rings. The summed E-state index contributed by atoms with van der Waals surface area (Å²) in [5.41, 5.74) is 0.336. The quantitative estimate of drug-likeness (QED) is 0.322. The summed E-state index contributed by atoms with van der Waals surface area (Å²) in [5, 5.41) is 0. The van der Waals surface area contributed by atoms with Crippen LogP contribution in [0, 0.1) is 6.29 Å². The molecular formula is C6H7O4. The molecule has 4 nitrogen and oxygen atoms in total. The molecule has 4 heteroatoms. The zero-order valence-corrected chi connectivity index (χ0v) is 5.55. The van der Waals surface area contributed by atoms with Gasteiger partial charge in [-0.25, -0.2) is 9.68 Å². The van der Waals surface area contributed by atoms with Gasteiger partial charge < -0.3 is 4.74 Å². The molecule has 0 spiro atoms. The number of rotatable bonds is 2. The molecule has 1 aliphatic heterocycles. The molecular weight excluding hydrogens is 136 g/mol. The smallest absolute Gasteiger partial charge is 0.339 e. The van der Waals surface area contributed by atoms with Crippen molar-refractivity contribution < 1.29 is 19.3 Å². The molecule has 1 saturated heterocycles. The second kappa shape index (κ2) is 2.81. The summed E-state index contributed by atoms with van der Waals surface area (Å²) >= 11 is 0. The Morgan fingerprint density at radius 2 is 2.40 bits per heavy atom. The molecule has 0 N–H and O–H groups in total. The summed E-state index contributed by atoms with van der Waals surface area (Å²) in [5.74, 6) is -0.488. The summed E-state index contributed by atoms with van der Waals surface area (Å²) in [4.78, 5) is 19.2. The summed E-state index contributed by atoms with van der Waals surface area (Å²) in [7, 11) is 0. The van der Waals surface area contributed by atoms with Gasteiger partial charge in [0.25, 0.3) is 0 Å². The Labute approximate surface area is 58.3 Å². The maximum absolute atomic E-state index is 10.7. The number of hydrogen-bond donors (Lipinski definition) is 0. The Hall–Kier alpha value is -0.870. The summed E-state index contributed by atoms with van der Waals surface area (Å²) in [6, 6.07) is 0. The van der Waals surface area contributed by atoms with Crippen molar-refractivity contribution in [3.05, 3.63) is 18.4 Å². The highest BCUT2D eigenvalue weighted by atomic mass is 17.3. The van der Waals surface area contributed by atoms with Gasteiger partial charge >= 0.3 is 12.3 Å². The monoisotopic (exact) mass is 143 g/mol. The summed E-state index contributed by atoms with van der Waals surface area (Å²) < 4.78 is 4.58. The van der Waals surface area contributed by atoms with Crippen LogP contribution in [0.25, 0.3) is 0 Å². The lowest BCUT2D eigenvalue weighted by Crippen LogP contribution is -2.27.